The third kappa shape index (κ3) is 4.85. The minimum absolute atomic E-state index is 0.505. The van der Waals surface area contributed by atoms with E-state index in [0.29, 0.717) is 0 Å². The van der Waals surface area contributed by atoms with Crippen LogP contribution in [-0.2, 0) is 5.41 Å². The van der Waals surface area contributed by atoms with Crippen molar-refractivity contribution in [1.82, 2.24) is 0 Å². The van der Waals surface area contributed by atoms with Gasteiger partial charge >= 0.3 is 0 Å². The summed E-state index contributed by atoms with van der Waals surface area (Å²) in [6.45, 7) is 0. The number of benzene rings is 11. The topological polar surface area (TPSA) is 3.24 Å². The van der Waals surface area contributed by atoms with E-state index in [4.69, 9.17) is 0 Å². The van der Waals surface area contributed by atoms with Crippen molar-refractivity contribution in [2.75, 3.05) is 4.90 Å². The molecule has 1 spiro atoms. The molecule has 0 aliphatic heterocycles. The predicted octanol–water partition coefficient (Wildman–Crippen LogP) is 16.3. The molecule has 0 saturated heterocycles. The molecule has 0 amide bonds. The van der Waals surface area contributed by atoms with Gasteiger partial charge in [-0.05, 0) is 124 Å². The molecule has 0 aromatic heterocycles. The van der Waals surface area contributed by atoms with Crippen molar-refractivity contribution in [3.63, 3.8) is 0 Å². The van der Waals surface area contributed by atoms with Gasteiger partial charge in [0, 0.05) is 16.9 Å². The van der Waals surface area contributed by atoms with Crippen LogP contribution in [0.1, 0.15) is 22.3 Å². The lowest BCUT2D eigenvalue weighted by atomic mass is 9.69. The van der Waals surface area contributed by atoms with Gasteiger partial charge in [0.15, 0.2) is 0 Å². The maximum Gasteiger partial charge on any atom is 0.0732 e. The molecule has 0 fully saturated rings. The van der Waals surface area contributed by atoms with Crippen molar-refractivity contribution in [1.29, 1.82) is 0 Å². The van der Waals surface area contributed by atoms with Crippen LogP contribution in [0.2, 0.25) is 0 Å². The van der Waals surface area contributed by atoms with Gasteiger partial charge < -0.3 is 4.90 Å². The number of anilines is 3. The summed E-state index contributed by atoms with van der Waals surface area (Å²) >= 11 is 0. The molecular formula is C61H39N. The van der Waals surface area contributed by atoms with Crippen LogP contribution in [0.15, 0.2) is 237 Å². The predicted molar refractivity (Wildman–Crippen MR) is 261 cm³/mol. The number of rotatable bonds is 5. The summed E-state index contributed by atoms with van der Waals surface area (Å²) in [5.74, 6) is 0. The lowest BCUT2D eigenvalue weighted by molar-refractivity contribution is 0.802. The number of hydrogen-bond donors (Lipinski definition) is 0. The Kier molecular flexibility index (Phi) is 7.59. The second-order valence-electron chi connectivity index (χ2n) is 16.7. The SMILES string of the molecule is c1ccc(-c2ccc(-c3ccccc3)c(N(c3ccccc3)c3ccc4c5c(c6ccccc6c4c3)-c3c(ccc4ccccc34)C53c4ccccc4-c4ccccc43)c2)cc1. The zero-order valence-corrected chi connectivity index (χ0v) is 34.0. The van der Waals surface area contributed by atoms with E-state index in [-0.39, 0.29) is 0 Å². The Bertz CT molecular complexity index is 3520. The van der Waals surface area contributed by atoms with Crippen LogP contribution in [0.5, 0.6) is 0 Å². The maximum absolute atomic E-state index is 2.47. The molecule has 0 bridgehead atoms. The number of para-hydroxylation sites is 1. The van der Waals surface area contributed by atoms with Gasteiger partial charge in [0.05, 0.1) is 11.1 Å². The molecule has 11 aromatic rings. The Labute approximate surface area is 361 Å². The Morgan fingerprint density at radius 1 is 0.290 bits per heavy atom. The molecule has 1 nitrogen and oxygen atoms in total. The molecule has 11 aromatic carbocycles. The fourth-order valence-corrected chi connectivity index (χ4v) is 11.1. The molecule has 2 aliphatic rings. The molecule has 2 aliphatic carbocycles. The first-order chi connectivity index (χ1) is 30.8. The van der Waals surface area contributed by atoms with Crippen LogP contribution >= 0.6 is 0 Å². The Morgan fingerprint density at radius 3 is 1.61 bits per heavy atom. The molecule has 13 rings (SSSR count). The molecule has 0 radical (unpaired) electrons. The zero-order valence-electron chi connectivity index (χ0n) is 34.0. The molecule has 288 valence electrons. The molecule has 0 heterocycles. The van der Waals surface area contributed by atoms with E-state index in [1.165, 1.54) is 99.1 Å². The normalized spacial score (nSPS) is 13.0. The van der Waals surface area contributed by atoms with Crippen molar-refractivity contribution >= 4 is 49.4 Å². The van der Waals surface area contributed by atoms with Crippen LogP contribution < -0.4 is 4.90 Å². The van der Waals surface area contributed by atoms with Gasteiger partial charge in [-0.1, -0.05) is 206 Å². The van der Waals surface area contributed by atoms with E-state index in [1.807, 2.05) is 0 Å². The van der Waals surface area contributed by atoms with Gasteiger partial charge in [0.1, 0.15) is 0 Å². The van der Waals surface area contributed by atoms with Crippen molar-refractivity contribution in [2.45, 2.75) is 5.41 Å². The first-order valence-electron chi connectivity index (χ1n) is 21.6. The highest BCUT2D eigenvalue weighted by molar-refractivity contribution is 6.23. The lowest BCUT2D eigenvalue weighted by Crippen LogP contribution is -2.26. The summed E-state index contributed by atoms with van der Waals surface area (Å²) in [6.07, 6.45) is 0. The monoisotopic (exact) mass is 785 g/mol. The largest absolute Gasteiger partial charge is 0.310 e. The summed E-state index contributed by atoms with van der Waals surface area (Å²) in [4.78, 5) is 2.47. The van der Waals surface area contributed by atoms with E-state index in [1.54, 1.807) is 0 Å². The van der Waals surface area contributed by atoms with Crippen LogP contribution in [0, 0.1) is 0 Å². The van der Waals surface area contributed by atoms with Gasteiger partial charge in [0.2, 0.25) is 0 Å². The first kappa shape index (κ1) is 34.8. The van der Waals surface area contributed by atoms with E-state index >= 15 is 0 Å². The fraction of sp³-hybridized carbons (Fsp3) is 0.0164. The highest BCUT2D eigenvalue weighted by Gasteiger charge is 2.53. The standard InChI is InChI=1S/C61H39N/c1-4-18-40(19-5-1)43-32-35-46(41-20-6-2-7-21-41)57(38-43)62(44-23-8-3-9-24-44)45-34-36-52-53(39-45)48-26-12-13-29-51(48)59-58-47-25-11-10-22-42(47)33-37-56(58)61(60(52)59)54-30-16-14-27-49(54)50-28-15-17-31-55(50)61/h1-39H. The number of nitrogens with zero attached hydrogens (tertiary/aromatic N) is 1. The third-order valence-electron chi connectivity index (χ3n) is 13.6. The molecular weight excluding hydrogens is 747 g/mol. The van der Waals surface area contributed by atoms with E-state index in [0.717, 1.165) is 17.1 Å². The molecule has 0 saturated carbocycles. The van der Waals surface area contributed by atoms with Gasteiger partial charge in [-0.3, -0.25) is 0 Å². The zero-order chi connectivity index (χ0) is 40.8. The van der Waals surface area contributed by atoms with Gasteiger partial charge in [-0.15, -0.1) is 0 Å². The quantitative estimate of drug-likeness (QED) is 0.157. The lowest BCUT2D eigenvalue weighted by Gasteiger charge is -2.32. The molecule has 62 heavy (non-hydrogen) atoms. The minimum Gasteiger partial charge on any atom is -0.310 e. The van der Waals surface area contributed by atoms with Crippen LogP contribution in [0.4, 0.5) is 17.1 Å². The Hall–Kier alpha value is -8.00. The fourth-order valence-electron chi connectivity index (χ4n) is 11.1. The smallest absolute Gasteiger partial charge is 0.0732 e. The highest BCUT2D eigenvalue weighted by Crippen LogP contribution is 2.66. The van der Waals surface area contributed by atoms with E-state index in [2.05, 4.69) is 241 Å². The summed E-state index contributed by atoms with van der Waals surface area (Å²) in [7, 11) is 0. The van der Waals surface area contributed by atoms with Crippen molar-refractivity contribution in [3.8, 4) is 44.5 Å². The number of fused-ring (bicyclic) bond motifs is 17. The van der Waals surface area contributed by atoms with Crippen LogP contribution in [0.25, 0.3) is 76.8 Å². The van der Waals surface area contributed by atoms with Crippen molar-refractivity contribution < 1.29 is 0 Å². The highest BCUT2D eigenvalue weighted by atomic mass is 15.1. The second-order valence-corrected chi connectivity index (χ2v) is 16.7. The van der Waals surface area contributed by atoms with Crippen molar-refractivity contribution in [3.05, 3.63) is 259 Å². The number of hydrogen-bond acceptors (Lipinski definition) is 1. The molecule has 0 N–H and O–H groups in total. The Morgan fingerprint density at radius 2 is 0.887 bits per heavy atom. The minimum atomic E-state index is -0.505. The Balaban J connectivity index is 1.16. The van der Waals surface area contributed by atoms with Crippen molar-refractivity contribution in [2.24, 2.45) is 0 Å². The molecule has 0 unspecified atom stereocenters. The molecule has 0 atom stereocenters. The van der Waals surface area contributed by atoms with Crippen LogP contribution in [0.3, 0.4) is 0 Å². The van der Waals surface area contributed by atoms with E-state index < -0.39 is 5.41 Å². The van der Waals surface area contributed by atoms with E-state index in [9.17, 15) is 0 Å². The van der Waals surface area contributed by atoms with Gasteiger partial charge in [0.25, 0.3) is 0 Å². The average molecular weight is 786 g/mol. The first-order valence-corrected chi connectivity index (χ1v) is 21.6. The van der Waals surface area contributed by atoms with Gasteiger partial charge in [-0.25, -0.2) is 0 Å². The van der Waals surface area contributed by atoms with Gasteiger partial charge in [-0.2, -0.15) is 0 Å². The average Bonchev–Trinajstić information content (AvgIpc) is 3.83. The molecule has 1 heteroatoms. The maximum atomic E-state index is 2.47. The summed E-state index contributed by atoms with van der Waals surface area (Å²) in [6, 6.07) is 87.8. The summed E-state index contributed by atoms with van der Waals surface area (Å²) in [5, 5.41) is 7.63. The third-order valence-corrected chi connectivity index (χ3v) is 13.6. The summed E-state index contributed by atoms with van der Waals surface area (Å²) < 4.78 is 0. The second kappa shape index (κ2) is 13.5. The summed E-state index contributed by atoms with van der Waals surface area (Å²) in [5.41, 5.74) is 18.3. The van der Waals surface area contributed by atoms with Crippen LogP contribution in [-0.4, -0.2) is 0 Å².